The molecule has 1 aromatic carbocycles. The summed E-state index contributed by atoms with van der Waals surface area (Å²) in [5.74, 6) is -0.249. The van der Waals surface area contributed by atoms with Gasteiger partial charge in [0.1, 0.15) is 10.6 Å². The number of nitrogens with one attached hydrogen (secondary N) is 2. The fraction of sp³-hybridized carbons (Fsp3) is 0.267. The highest BCUT2D eigenvalue weighted by Crippen LogP contribution is 2.20. The van der Waals surface area contributed by atoms with Gasteiger partial charge in [-0.1, -0.05) is 26.0 Å². The summed E-state index contributed by atoms with van der Waals surface area (Å²) >= 11 is 0. The molecule has 118 valence electrons. The van der Waals surface area contributed by atoms with E-state index in [2.05, 4.69) is 28.3 Å². The highest BCUT2D eigenvalue weighted by molar-refractivity contribution is 7.92. The topological polar surface area (TPSA) is 88.3 Å². The second kappa shape index (κ2) is 6.23. The first-order chi connectivity index (χ1) is 10.3. The first-order valence-electron chi connectivity index (χ1n) is 6.73. The molecule has 0 unspecified atom stereocenters. The van der Waals surface area contributed by atoms with E-state index in [1.54, 1.807) is 12.1 Å². The highest BCUT2D eigenvalue weighted by atomic mass is 32.2. The van der Waals surface area contributed by atoms with Crippen molar-refractivity contribution >= 4 is 21.7 Å². The number of carbonyl (C=O) groups excluding carboxylic acids is 1. The second-order valence-corrected chi connectivity index (χ2v) is 6.81. The number of sulfonamides is 1. The van der Waals surface area contributed by atoms with Gasteiger partial charge in [0.05, 0.1) is 7.11 Å². The van der Waals surface area contributed by atoms with Gasteiger partial charge in [-0.2, -0.15) is 0 Å². The zero-order valence-corrected chi connectivity index (χ0v) is 13.4. The Morgan fingerprint density at radius 1 is 1.23 bits per heavy atom. The molecule has 0 aliphatic carbocycles. The summed E-state index contributed by atoms with van der Waals surface area (Å²) in [5, 5.41) is 0. The number of aromatic amines is 1. The van der Waals surface area contributed by atoms with Gasteiger partial charge < -0.3 is 9.72 Å². The number of carbonyl (C=O) groups is 1. The summed E-state index contributed by atoms with van der Waals surface area (Å²) in [6.07, 6.45) is 1.25. The predicted molar refractivity (Wildman–Crippen MR) is 83.5 cm³/mol. The van der Waals surface area contributed by atoms with Crippen molar-refractivity contribution in [1.29, 1.82) is 0 Å². The average molecular weight is 322 g/mol. The van der Waals surface area contributed by atoms with Crippen molar-refractivity contribution in [3.8, 4) is 0 Å². The molecule has 0 saturated heterocycles. The van der Waals surface area contributed by atoms with E-state index < -0.39 is 16.0 Å². The molecule has 22 heavy (non-hydrogen) atoms. The quantitative estimate of drug-likeness (QED) is 0.828. The van der Waals surface area contributed by atoms with Crippen molar-refractivity contribution in [2.24, 2.45) is 0 Å². The van der Waals surface area contributed by atoms with Gasteiger partial charge in [0, 0.05) is 11.9 Å². The minimum Gasteiger partial charge on any atom is -0.464 e. The third kappa shape index (κ3) is 3.48. The highest BCUT2D eigenvalue weighted by Gasteiger charge is 2.19. The van der Waals surface area contributed by atoms with E-state index in [0.29, 0.717) is 11.6 Å². The summed E-state index contributed by atoms with van der Waals surface area (Å²) in [6.45, 7) is 4.13. The number of hydrogen-bond acceptors (Lipinski definition) is 4. The molecule has 2 rings (SSSR count). The maximum Gasteiger partial charge on any atom is 0.354 e. The van der Waals surface area contributed by atoms with Gasteiger partial charge in [-0.15, -0.1) is 0 Å². The zero-order valence-electron chi connectivity index (χ0n) is 12.6. The van der Waals surface area contributed by atoms with E-state index in [-0.39, 0.29) is 10.6 Å². The van der Waals surface area contributed by atoms with Crippen LogP contribution in [0.2, 0.25) is 0 Å². The van der Waals surface area contributed by atoms with Crippen LogP contribution >= 0.6 is 0 Å². The molecule has 1 aromatic heterocycles. The van der Waals surface area contributed by atoms with Crippen molar-refractivity contribution in [3.63, 3.8) is 0 Å². The van der Waals surface area contributed by atoms with E-state index >= 15 is 0 Å². The molecule has 0 radical (unpaired) electrons. The standard InChI is InChI=1S/C15H18N2O4S/c1-10(2)11-4-6-12(7-5-11)17-22(19,20)13-8-14(16-9-13)15(18)21-3/h4-10,16-17H,1-3H3. The molecule has 2 aromatic rings. The molecule has 0 atom stereocenters. The van der Waals surface area contributed by atoms with Gasteiger partial charge in [0.25, 0.3) is 10.0 Å². The summed E-state index contributed by atoms with van der Waals surface area (Å²) < 4.78 is 31.5. The summed E-state index contributed by atoms with van der Waals surface area (Å²) in [5.41, 5.74) is 1.67. The first-order valence-corrected chi connectivity index (χ1v) is 8.21. The zero-order chi connectivity index (χ0) is 16.3. The van der Waals surface area contributed by atoms with Crippen LogP contribution in [0.3, 0.4) is 0 Å². The largest absolute Gasteiger partial charge is 0.464 e. The van der Waals surface area contributed by atoms with Crippen LogP contribution in [0.5, 0.6) is 0 Å². The Labute approximate surface area is 129 Å². The van der Waals surface area contributed by atoms with Gasteiger partial charge in [-0.25, -0.2) is 13.2 Å². The summed E-state index contributed by atoms with van der Waals surface area (Å²) in [7, 11) is -2.53. The lowest BCUT2D eigenvalue weighted by Crippen LogP contribution is -2.12. The van der Waals surface area contributed by atoms with Crippen LogP contribution in [0.15, 0.2) is 41.4 Å². The Balaban J connectivity index is 2.20. The molecule has 6 nitrogen and oxygen atoms in total. The van der Waals surface area contributed by atoms with Gasteiger partial charge in [0.15, 0.2) is 0 Å². The van der Waals surface area contributed by atoms with Gasteiger partial charge in [-0.3, -0.25) is 4.72 Å². The molecular weight excluding hydrogens is 304 g/mol. The van der Waals surface area contributed by atoms with E-state index in [4.69, 9.17) is 0 Å². The number of ether oxygens (including phenoxy) is 1. The van der Waals surface area contributed by atoms with Gasteiger partial charge in [0.2, 0.25) is 0 Å². The van der Waals surface area contributed by atoms with E-state index in [0.717, 1.165) is 5.56 Å². The molecule has 0 aliphatic heterocycles. The molecule has 7 heteroatoms. The number of anilines is 1. The number of methoxy groups -OCH3 is 1. The third-order valence-electron chi connectivity index (χ3n) is 3.20. The molecule has 0 spiro atoms. The van der Waals surface area contributed by atoms with Crippen molar-refractivity contribution in [3.05, 3.63) is 47.8 Å². The minimum absolute atomic E-state index is 0.0270. The van der Waals surface area contributed by atoms with Crippen molar-refractivity contribution in [2.45, 2.75) is 24.7 Å². The van der Waals surface area contributed by atoms with Crippen LogP contribution in [-0.2, 0) is 14.8 Å². The number of H-pyrrole nitrogens is 1. The van der Waals surface area contributed by atoms with Crippen molar-refractivity contribution < 1.29 is 17.9 Å². The number of hydrogen-bond donors (Lipinski definition) is 2. The normalized spacial score (nSPS) is 11.5. The van der Waals surface area contributed by atoms with Crippen LogP contribution in [0.1, 0.15) is 35.8 Å². The minimum atomic E-state index is -3.76. The number of benzene rings is 1. The van der Waals surface area contributed by atoms with Crippen LogP contribution in [0.25, 0.3) is 0 Å². The van der Waals surface area contributed by atoms with E-state index in [1.807, 2.05) is 12.1 Å². The van der Waals surface area contributed by atoms with Crippen molar-refractivity contribution in [2.75, 3.05) is 11.8 Å². The SMILES string of the molecule is COC(=O)c1cc(S(=O)(=O)Nc2ccc(C(C)C)cc2)c[nH]1. The van der Waals surface area contributed by atoms with E-state index in [9.17, 15) is 13.2 Å². The van der Waals surface area contributed by atoms with Gasteiger partial charge >= 0.3 is 5.97 Å². The van der Waals surface area contributed by atoms with Crippen molar-refractivity contribution in [1.82, 2.24) is 4.98 Å². The maximum absolute atomic E-state index is 12.3. The molecule has 0 amide bonds. The van der Waals surface area contributed by atoms with Crippen LogP contribution in [-0.4, -0.2) is 26.5 Å². The first kappa shape index (κ1) is 16.1. The van der Waals surface area contributed by atoms with Crippen LogP contribution in [0.4, 0.5) is 5.69 Å². The lowest BCUT2D eigenvalue weighted by molar-refractivity contribution is 0.0595. The second-order valence-electron chi connectivity index (χ2n) is 5.12. The van der Waals surface area contributed by atoms with Gasteiger partial charge in [-0.05, 0) is 29.7 Å². The molecule has 2 N–H and O–H groups in total. The summed E-state index contributed by atoms with van der Waals surface area (Å²) in [6, 6.07) is 8.40. The molecule has 0 bridgehead atoms. The number of aromatic nitrogens is 1. The lowest BCUT2D eigenvalue weighted by Gasteiger charge is -2.09. The Morgan fingerprint density at radius 2 is 1.86 bits per heavy atom. The van der Waals surface area contributed by atoms with Crippen LogP contribution in [0, 0.1) is 0 Å². The Hall–Kier alpha value is -2.28. The molecule has 0 aliphatic rings. The predicted octanol–water partition coefficient (Wildman–Crippen LogP) is 2.73. The smallest absolute Gasteiger partial charge is 0.354 e. The van der Waals surface area contributed by atoms with E-state index in [1.165, 1.54) is 19.4 Å². The molecule has 1 heterocycles. The molecular formula is C15H18N2O4S. The fourth-order valence-electron chi connectivity index (χ4n) is 1.91. The summed E-state index contributed by atoms with van der Waals surface area (Å²) in [4.78, 5) is 13.9. The average Bonchev–Trinajstić information content (AvgIpc) is 2.97. The number of esters is 1. The molecule has 0 saturated carbocycles. The van der Waals surface area contributed by atoms with Crippen LogP contribution < -0.4 is 4.72 Å². The third-order valence-corrected chi connectivity index (χ3v) is 4.56. The Kier molecular flexibility index (Phi) is 4.56. The maximum atomic E-state index is 12.3. The fourth-order valence-corrected chi connectivity index (χ4v) is 2.96. The number of rotatable bonds is 5. The lowest BCUT2D eigenvalue weighted by atomic mass is 10.0. The molecule has 0 fully saturated rings. The Morgan fingerprint density at radius 3 is 2.41 bits per heavy atom. The monoisotopic (exact) mass is 322 g/mol. The Bertz CT molecular complexity index is 761.